The van der Waals surface area contributed by atoms with Gasteiger partial charge in [0.05, 0.1) is 6.42 Å². The van der Waals surface area contributed by atoms with Gasteiger partial charge in [-0.15, -0.1) is 0 Å². The van der Waals surface area contributed by atoms with E-state index >= 15 is 0 Å². The van der Waals surface area contributed by atoms with Crippen molar-refractivity contribution in [3.8, 4) is 0 Å². The molecule has 2 N–H and O–H groups in total. The summed E-state index contributed by atoms with van der Waals surface area (Å²) in [6, 6.07) is 0. The van der Waals surface area contributed by atoms with Gasteiger partial charge in [0.25, 0.3) is 0 Å². The molecule has 0 bridgehead atoms. The molecule has 3 nitrogen and oxygen atoms in total. The Morgan fingerprint density at radius 3 is 2.53 bits per heavy atom. The van der Waals surface area contributed by atoms with Gasteiger partial charge in [0.15, 0.2) is 0 Å². The molecular weight excluding hydrogens is 190 g/mol. The van der Waals surface area contributed by atoms with E-state index in [4.69, 9.17) is 5.11 Å². The lowest BCUT2D eigenvalue weighted by atomic mass is 9.71. The third-order valence-corrected chi connectivity index (χ3v) is 3.37. The Kier molecular flexibility index (Phi) is 5.09. The summed E-state index contributed by atoms with van der Waals surface area (Å²) in [7, 11) is 0. The van der Waals surface area contributed by atoms with Crippen molar-refractivity contribution in [1.82, 2.24) is 5.32 Å². The molecule has 0 radical (unpaired) electrons. The fourth-order valence-corrected chi connectivity index (χ4v) is 2.57. The average Bonchev–Trinajstić information content (AvgIpc) is 2.18. The Labute approximate surface area is 92.3 Å². The van der Waals surface area contributed by atoms with Gasteiger partial charge in [-0.2, -0.15) is 0 Å². The van der Waals surface area contributed by atoms with Gasteiger partial charge in [0.2, 0.25) is 0 Å². The first-order valence-corrected chi connectivity index (χ1v) is 6.11. The molecule has 1 rings (SSSR count). The van der Waals surface area contributed by atoms with Crippen LogP contribution < -0.4 is 5.32 Å². The minimum absolute atomic E-state index is 0.0409. The van der Waals surface area contributed by atoms with Gasteiger partial charge in [-0.25, -0.2) is 0 Å². The van der Waals surface area contributed by atoms with Crippen LogP contribution in [0.4, 0.5) is 0 Å². The lowest BCUT2D eigenvalue weighted by Crippen LogP contribution is -2.38. The van der Waals surface area contributed by atoms with Gasteiger partial charge >= 0.3 is 5.97 Å². The first-order valence-electron chi connectivity index (χ1n) is 6.11. The van der Waals surface area contributed by atoms with E-state index in [0.717, 1.165) is 32.4 Å². The molecular formula is C12H23NO2. The monoisotopic (exact) mass is 213 g/mol. The van der Waals surface area contributed by atoms with Crippen LogP contribution in [0.3, 0.4) is 0 Å². The smallest absolute Gasteiger partial charge is 0.303 e. The molecule has 0 aliphatic heterocycles. The van der Waals surface area contributed by atoms with Crippen LogP contribution >= 0.6 is 0 Å². The van der Waals surface area contributed by atoms with Crippen LogP contribution in [0, 0.1) is 5.41 Å². The summed E-state index contributed by atoms with van der Waals surface area (Å²) in [6.07, 6.45) is 7.27. The third-order valence-electron chi connectivity index (χ3n) is 3.37. The highest BCUT2D eigenvalue weighted by molar-refractivity contribution is 5.67. The number of hydrogen-bond acceptors (Lipinski definition) is 2. The first-order chi connectivity index (χ1) is 7.18. The second-order valence-corrected chi connectivity index (χ2v) is 4.81. The molecule has 1 fully saturated rings. The van der Waals surface area contributed by atoms with Gasteiger partial charge in [-0.05, 0) is 31.2 Å². The van der Waals surface area contributed by atoms with E-state index in [1.54, 1.807) is 0 Å². The molecule has 0 aromatic heterocycles. The maximum atomic E-state index is 10.9. The minimum atomic E-state index is -0.643. The van der Waals surface area contributed by atoms with E-state index in [0.29, 0.717) is 6.42 Å². The van der Waals surface area contributed by atoms with Crippen molar-refractivity contribution in [1.29, 1.82) is 0 Å². The molecule has 0 heterocycles. The largest absolute Gasteiger partial charge is 0.481 e. The molecule has 1 aliphatic rings. The molecule has 0 saturated heterocycles. The fraction of sp³-hybridized carbons (Fsp3) is 0.917. The van der Waals surface area contributed by atoms with Gasteiger partial charge in [-0.1, -0.05) is 26.2 Å². The Morgan fingerprint density at radius 1 is 1.33 bits per heavy atom. The Balaban J connectivity index is 2.46. The summed E-state index contributed by atoms with van der Waals surface area (Å²) < 4.78 is 0. The first kappa shape index (κ1) is 12.5. The molecule has 0 unspecified atom stereocenters. The fourth-order valence-electron chi connectivity index (χ4n) is 2.57. The zero-order chi connectivity index (χ0) is 11.1. The highest BCUT2D eigenvalue weighted by Crippen LogP contribution is 2.38. The van der Waals surface area contributed by atoms with Gasteiger partial charge < -0.3 is 10.4 Å². The Hall–Kier alpha value is -0.570. The molecule has 1 aliphatic carbocycles. The lowest BCUT2D eigenvalue weighted by Gasteiger charge is -2.36. The Morgan fingerprint density at radius 2 is 2.00 bits per heavy atom. The standard InChI is InChI=1S/C12H23NO2/c1-2-8-13-10-12(9-11(14)15)6-4-3-5-7-12/h13H,2-10H2,1H3,(H,14,15). The molecule has 0 aromatic rings. The maximum Gasteiger partial charge on any atom is 0.303 e. The number of carboxylic acid groups (broad SMARTS) is 1. The van der Waals surface area contributed by atoms with E-state index in [-0.39, 0.29) is 5.41 Å². The minimum Gasteiger partial charge on any atom is -0.481 e. The molecule has 3 heteroatoms. The normalized spacial score (nSPS) is 20.1. The molecule has 0 spiro atoms. The number of aliphatic carboxylic acids is 1. The van der Waals surface area contributed by atoms with Gasteiger partial charge in [0, 0.05) is 6.54 Å². The van der Waals surface area contributed by atoms with Crippen molar-refractivity contribution in [2.45, 2.75) is 51.9 Å². The zero-order valence-corrected chi connectivity index (χ0v) is 9.72. The lowest BCUT2D eigenvalue weighted by molar-refractivity contribution is -0.140. The van der Waals surface area contributed by atoms with E-state index in [1.807, 2.05) is 0 Å². The molecule has 88 valence electrons. The van der Waals surface area contributed by atoms with Crippen LogP contribution in [0.15, 0.2) is 0 Å². The van der Waals surface area contributed by atoms with Crippen LogP contribution in [-0.4, -0.2) is 24.2 Å². The maximum absolute atomic E-state index is 10.9. The molecule has 0 amide bonds. The second kappa shape index (κ2) is 6.11. The summed E-state index contributed by atoms with van der Waals surface area (Å²) in [5, 5.41) is 12.3. The number of carbonyl (C=O) groups is 1. The summed E-state index contributed by atoms with van der Waals surface area (Å²) >= 11 is 0. The van der Waals surface area contributed by atoms with E-state index < -0.39 is 5.97 Å². The van der Waals surface area contributed by atoms with Crippen molar-refractivity contribution < 1.29 is 9.90 Å². The van der Waals surface area contributed by atoms with Crippen LogP contribution in [0.1, 0.15) is 51.9 Å². The number of nitrogens with one attached hydrogen (secondary N) is 1. The third kappa shape index (κ3) is 4.20. The Bertz CT molecular complexity index is 198. The van der Waals surface area contributed by atoms with E-state index in [9.17, 15) is 4.79 Å². The second-order valence-electron chi connectivity index (χ2n) is 4.81. The molecule has 0 atom stereocenters. The van der Waals surface area contributed by atoms with E-state index in [1.165, 1.54) is 19.3 Å². The highest BCUT2D eigenvalue weighted by Gasteiger charge is 2.33. The number of carboxylic acids is 1. The summed E-state index contributed by atoms with van der Waals surface area (Å²) in [5.74, 6) is -0.643. The summed E-state index contributed by atoms with van der Waals surface area (Å²) in [6.45, 7) is 4.02. The van der Waals surface area contributed by atoms with Crippen molar-refractivity contribution in [2.24, 2.45) is 5.41 Å². The van der Waals surface area contributed by atoms with Crippen molar-refractivity contribution >= 4 is 5.97 Å². The predicted molar refractivity (Wildman–Crippen MR) is 60.9 cm³/mol. The summed E-state index contributed by atoms with van der Waals surface area (Å²) in [5.41, 5.74) is 0.0409. The van der Waals surface area contributed by atoms with Crippen LogP contribution in [0.2, 0.25) is 0 Å². The van der Waals surface area contributed by atoms with Crippen LogP contribution in [0.5, 0.6) is 0 Å². The van der Waals surface area contributed by atoms with Crippen molar-refractivity contribution in [3.63, 3.8) is 0 Å². The van der Waals surface area contributed by atoms with Crippen molar-refractivity contribution in [3.05, 3.63) is 0 Å². The molecule has 0 aromatic carbocycles. The topological polar surface area (TPSA) is 49.3 Å². The quantitative estimate of drug-likeness (QED) is 0.666. The SMILES string of the molecule is CCCNCC1(CC(=O)O)CCCCC1. The van der Waals surface area contributed by atoms with Crippen molar-refractivity contribution in [2.75, 3.05) is 13.1 Å². The van der Waals surface area contributed by atoms with Gasteiger partial charge in [0.1, 0.15) is 0 Å². The zero-order valence-electron chi connectivity index (χ0n) is 9.72. The molecule has 1 saturated carbocycles. The average molecular weight is 213 g/mol. The number of rotatable bonds is 6. The van der Waals surface area contributed by atoms with Gasteiger partial charge in [-0.3, -0.25) is 4.79 Å². The predicted octanol–water partition coefficient (Wildman–Crippen LogP) is 2.41. The van der Waals surface area contributed by atoms with Crippen LogP contribution in [-0.2, 0) is 4.79 Å². The molecule has 15 heavy (non-hydrogen) atoms. The number of hydrogen-bond donors (Lipinski definition) is 2. The van der Waals surface area contributed by atoms with Crippen LogP contribution in [0.25, 0.3) is 0 Å². The highest BCUT2D eigenvalue weighted by atomic mass is 16.4. The van der Waals surface area contributed by atoms with E-state index in [2.05, 4.69) is 12.2 Å². The summed E-state index contributed by atoms with van der Waals surface area (Å²) in [4.78, 5) is 10.9.